The number of hydrogen-bond donors (Lipinski definition) is 3. The van der Waals surface area contributed by atoms with Crippen molar-refractivity contribution in [1.29, 1.82) is 0 Å². The van der Waals surface area contributed by atoms with Crippen LogP contribution >= 0.6 is 23.5 Å². The van der Waals surface area contributed by atoms with Gasteiger partial charge in [-0.3, -0.25) is 9.69 Å². The topological polar surface area (TPSA) is 122 Å². The quantitative estimate of drug-likeness (QED) is 0.587. The lowest BCUT2D eigenvalue weighted by Gasteiger charge is -2.36. The van der Waals surface area contributed by atoms with Gasteiger partial charge in [-0.15, -0.1) is 23.5 Å². The molecule has 4 N–H and O–H groups in total. The number of nitrogens with zero attached hydrogens (tertiary/aromatic N) is 1. The van der Waals surface area contributed by atoms with E-state index in [2.05, 4.69) is 0 Å². The molecule has 0 radical (unpaired) electrons. The van der Waals surface area contributed by atoms with Gasteiger partial charge in [-0.05, 0) is 17.9 Å². The molecule has 3 heterocycles. The first-order chi connectivity index (χ1) is 11.0. The standard InChI is InChI=1S/C13H20N2O6S2/c14-8(17)4-6(12-22-2-1-3-23-12)15-11-10(21-13(15)19)9(18)7(5-16)20-11/h6-7,9-12,16,18H,1-5H2,(H2,14,17). The van der Waals surface area contributed by atoms with Gasteiger partial charge in [-0.2, -0.15) is 0 Å². The first-order valence-electron chi connectivity index (χ1n) is 7.47. The van der Waals surface area contributed by atoms with Gasteiger partial charge in [0.05, 0.1) is 17.2 Å². The molecule has 3 saturated heterocycles. The van der Waals surface area contributed by atoms with Gasteiger partial charge in [-0.25, -0.2) is 4.79 Å². The highest BCUT2D eigenvalue weighted by Gasteiger charge is 2.57. The minimum absolute atomic E-state index is 0.00327. The van der Waals surface area contributed by atoms with Crippen LogP contribution in [0.3, 0.4) is 0 Å². The molecule has 0 aromatic heterocycles. The Labute approximate surface area is 142 Å². The molecule has 130 valence electrons. The lowest BCUT2D eigenvalue weighted by atomic mass is 10.1. The number of fused-ring (bicyclic) bond motifs is 1. The number of aliphatic hydroxyl groups excluding tert-OH is 2. The first-order valence-corrected chi connectivity index (χ1v) is 9.57. The zero-order valence-corrected chi connectivity index (χ0v) is 14.0. The van der Waals surface area contributed by atoms with Crippen LogP contribution in [0.4, 0.5) is 4.79 Å². The van der Waals surface area contributed by atoms with E-state index in [1.165, 1.54) is 4.90 Å². The number of carbonyl (C=O) groups is 2. The molecule has 3 aliphatic heterocycles. The molecular weight excluding hydrogens is 344 g/mol. The van der Waals surface area contributed by atoms with Gasteiger partial charge in [-0.1, -0.05) is 0 Å². The Balaban J connectivity index is 1.82. The van der Waals surface area contributed by atoms with Crippen molar-refractivity contribution >= 4 is 35.5 Å². The average Bonchev–Trinajstić information content (AvgIpc) is 3.01. The molecule has 0 aromatic carbocycles. The number of nitrogens with two attached hydrogens (primary N) is 1. The fraction of sp³-hybridized carbons (Fsp3) is 0.846. The van der Waals surface area contributed by atoms with Crippen LogP contribution in [0.5, 0.6) is 0 Å². The molecule has 10 heteroatoms. The van der Waals surface area contributed by atoms with E-state index in [1.54, 1.807) is 23.5 Å². The minimum Gasteiger partial charge on any atom is -0.438 e. The number of aliphatic hydroxyl groups is 2. The zero-order chi connectivity index (χ0) is 16.6. The monoisotopic (exact) mass is 364 g/mol. The fourth-order valence-corrected chi connectivity index (χ4v) is 6.22. The molecule has 23 heavy (non-hydrogen) atoms. The molecular formula is C13H20N2O6S2. The maximum atomic E-state index is 12.3. The van der Waals surface area contributed by atoms with E-state index in [0.29, 0.717) is 0 Å². The van der Waals surface area contributed by atoms with E-state index in [0.717, 1.165) is 17.9 Å². The van der Waals surface area contributed by atoms with Crippen molar-refractivity contribution in [3.05, 3.63) is 0 Å². The van der Waals surface area contributed by atoms with Crippen LogP contribution in [-0.4, -0.2) is 80.4 Å². The highest BCUT2D eigenvalue weighted by atomic mass is 32.2. The molecule has 3 fully saturated rings. The number of carbonyl (C=O) groups excluding carboxylic acids is 2. The summed E-state index contributed by atoms with van der Waals surface area (Å²) in [6.07, 6.45) is -3.08. The van der Waals surface area contributed by atoms with Gasteiger partial charge in [0.25, 0.3) is 0 Å². The van der Waals surface area contributed by atoms with Crippen molar-refractivity contribution in [3.8, 4) is 0 Å². The second kappa shape index (κ2) is 7.06. The number of thioether (sulfide) groups is 2. The van der Waals surface area contributed by atoms with E-state index in [1.807, 2.05) is 0 Å². The Morgan fingerprint density at radius 1 is 1.43 bits per heavy atom. The largest absolute Gasteiger partial charge is 0.438 e. The third-order valence-electron chi connectivity index (χ3n) is 4.15. The van der Waals surface area contributed by atoms with Crippen LogP contribution < -0.4 is 5.73 Å². The first kappa shape index (κ1) is 17.2. The smallest absolute Gasteiger partial charge is 0.412 e. The SMILES string of the molecule is NC(=O)CC(C1SCCCS1)N1C(=O)OC2C(O)C(CO)OC21. The van der Waals surface area contributed by atoms with E-state index in [9.17, 15) is 19.8 Å². The van der Waals surface area contributed by atoms with Gasteiger partial charge in [0, 0.05) is 6.42 Å². The maximum absolute atomic E-state index is 12.3. The van der Waals surface area contributed by atoms with Gasteiger partial charge >= 0.3 is 6.09 Å². The van der Waals surface area contributed by atoms with E-state index in [4.69, 9.17) is 15.2 Å². The molecule has 5 unspecified atom stereocenters. The Bertz CT molecular complexity index is 475. The minimum atomic E-state index is -1.08. The Kier molecular flexibility index (Phi) is 5.26. The lowest BCUT2D eigenvalue weighted by Crippen LogP contribution is -2.50. The van der Waals surface area contributed by atoms with Crippen molar-refractivity contribution in [1.82, 2.24) is 4.90 Å². The molecule has 0 aliphatic carbocycles. The summed E-state index contributed by atoms with van der Waals surface area (Å²) in [4.78, 5) is 25.1. The molecule has 5 atom stereocenters. The molecule has 0 bridgehead atoms. The fourth-order valence-electron chi connectivity index (χ4n) is 3.09. The normalized spacial score (nSPS) is 35.9. The summed E-state index contributed by atoms with van der Waals surface area (Å²) in [6, 6.07) is -0.463. The number of hydrogen-bond acceptors (Lipinski definition) is 8. The van der Waals surface area contributed by atoms with Crippen molar-refractivity contribution < 1.29 is 29.3 Å². The highest BCUT2D eigenvalue weighted by Crippen LogP contribution is 2.41. The van der Waals surface area contributed by atoms with Crippen LogP contribution in [0.25, 0.3) is 0 Å². The van der Waals surface area contributed by atoms with Crippen molar-refractivity contribution in [3.63, 3.8) is 0 Å². The molecule has 2 amide bonds. The average molecular weight is 364 g/mol. The van der Waals surface area contributed by atoms with Crippen LogP contribution in [0.2, 0.25) is 0 Å². The van der Waals surface area contributed by atoms with Crippen LogP contribution in [0.15, 0.2) is 0 Å². The second-order valence-corrected chi connectivity index (χ2v) is 8.49. The zero-order valence-electron chi connectivity index (χ0n) is 12.4. The Morgan fingerprint density at radius 3 is 2.74 bits per heavy atom. The van der Waals surface area contributed by atoms with Crippen LogP contribution in [0, 0.1) is 0 Å². The van der Waals surface area contributed by atoms with E-state index < -0.39 is 42.6 Å². The number of ether oxygens (including phenoxy) is 2. The molecule has 0 aromatic rings. The van der Waals surface area contributed by atoms with Gasteiger partial charge < -0.3 is 25.4 Å². The highest BCUT2D eigenvalue weighted by molar-refractivity contribution is 8.17. The number of rotatable bonds is 5. The summed E-state index contributed by atoms with van der Waals surface area (Å²) in [5, 5.41) is 19.3. The summed E-state index contributed by atoms with van der Waals surface area (Å²) >= 11 is 3.36. The lowest BCUT2D eigenvalue weighted by molar-refractivity contribution is -0.120. The third kappa shape index (κ3) is 3.27. The van der Waals surface area contributed by atoms with Gasteiger partial charge in [0.1, 0.15) is 12.2 Å². The predicted octanol–water partition coefficient (Wildman–Crippen LogP) is -0.675. The maximum Gasteiger partial charge on any atom is 0.412 e. The second-order valence-electron chi connectivity index (χ2n) is 5.70. The summed E-state index contributed by atoms with van der Waals surface area (Å²) in [5.41, 5.74) is 5.36. The van der Waals surface area contributed by atoms with Gasteiger partial charge in [0.15, 0.2) is 12.3 Å². The summed E-state index contributed by atoms with van der Waals surface area (Å²) < 4.78 is 10.8. The molecule has 0 saturated carbocycles. The van der Waals surface area contributed by atoms with Crippen LogP contribution in [-0.2, 0) is 14.3 Å². The molecule has 8 nitrogen and oxygen atoms in total. The van der Waals surface area contributed by atoms with Crippen molar-refractivity contribution in [2.24, 2.45) is 5.73 Å². The van der Waals surface area contributed by atoms with Crippen molar-refractivity contribution in [2.45, 2.75) is 48.0 Å². The summed E-state index contributed by atoms with van der Waals surface area (Å²) in [6.45, 7) is -0.368. The van der Waals surface area contributed by atoms with Gasteiger partial charge in [0.2, 0.25) is 5.91 Å². The molecule has 3 aliphatic rings. The molecule has 0 spiro atoms. The van der Waals surface area contributed by atoms with Crippen LogP contribution in [0.1, 0.15) is 12.8 Å². The predicted molar refractivity (Wildman–Crippen MR) is 84.8 cm³/mol. The van der Waals surface area contributed by atoms with E-state index in [-0.39, 0.29) is 17.6 Å². The summed E-state index contributed by atoms with van der Waals surface area (Å²) in [7, 11) is 0. The molecule has 3 rings (SSSR count). The summed E-state index contributed by atoms with van der Waals surface area (Å²) in [5.74, 6) is 1.40. The number of primary amides is 1. The Hall–Kier alpha value is -0.680. The Morgan fingerprint density at radius 2 is 2.13 bits per heavy atom. The number of amides is 2. The van der Waals surface area contributed by atoms with Crippen molar-refractivity contribution in [2.75, 3.05) is 18.1 Å². The van der Waals surface area contributed by atoms with E-state index >= 15 is 0 Å². The third-order valence-corrected chi connectivity index (χ3v) is 7.30.